The number of nitrogens with zero attached hydrogens (tertiary/aromatic N) is 1. The molecule has 0 aromatic heterocycles. The number of unbranched alkanes of at least 4 members (excludes halogenated alkanes) is 19. The van der Waals surface area contributed by atoms with Crippen molar-refractivity contribution in [3.8, 4) is 0 Å². The summed E-state index contributed by atoms with van der Waals surface area (Å²) in [6, 6.07) is -0.558. The van der Waals surface area contributed by atoms with E-state index in [4.69, 9.17) is 0 Å². The second-order valence-electron chi connectivity index (χ2n) is 10.1. The van der Waals surface area contributed by atoms with Crippen LogP contribution in [0.15, 0.2) is 0 Å². The van der Waals surface area contributed by atoms with E-state index in [1.165, 1.54) is 116 Å². The molecule has 0 saturated heterocycles. The summed E-state index contributed by atoms with van der Waals surface area (Å²) in [5, 5.41) is 28.4. The molecule has 0 spiro atoms. The quantitative estimate of drug-likeness (QED) is 0.0812. The fraction of sp³-hybridized carbons (Fsp3) is 1.00. The maximum absolute atomic E-state index is 9.56. The monoisotopic (exact) mass is 458 g/mol. The van der Waals surface area contributed by atoms with Gasteiger partial charge in [0.2, 0.25) is 0 Å². The highest BCUT2D eigenvalue weighted by Crippen LogP contribution is 2.25. The summed E-state index contributed by atoms with van der Waals surface area (Å²) in [4.78, 5) is 0. The highest BCUT2D eigenvalue weighted by molar-refractivity contribution is 4.91. The first-order chi connectivity index (χ1) is 15.5. The van der Waals surface area contributed by atoms with Crippen LogP contribution in [0.1, 0.15) is 162 Å². The first kappa shape index (κ1) is 31.8. The zero-order valence-corrected chi connectivity index (χ0v) is 21.9. The van der Waals surface area contributed by atoms with Crippen molar-refractivity contribution >= 4 is 0 Å². The molecule has 0 heterocycles. The molecule has 0 aliphatic heterocycles. The molecule has 4 N–H and O–H groups in total. The maximum atomic E-state index is 9.56. The van der Waals surface area contributed by atoms with E-state index in [1.54, 1.807) is 6.92 Å². The fourth-order valence-electron chi connectivity index (χ4n) is 4.83. The summed E-state index contributed by atoms with van der Waals surface area (Å²) in [6.45, 7) is 5.95. The van der Waals surface area contributed by atoms with Gasteiger partial charge >= 0.3 is 0 Å². The van der Waals surface area contributed by atoms with Gasteiger partial charge in [-0.2, -0.15) is 5.48 Å². The van der Waals surface area contributed by atoms with Crippen LogP contribution in [-0.2, 0) is 0 Å². The molecule has 0 aliphatic rings. The average Bonchev–Trinajstić information content (AvgIpc) is 2.80. The van der Waals surface area contributed by atoms with Gasteiger partial charge in [-0.15, -0.1) is 0 Å². The van der Waals surface area contributed by atoms with Gasteiger partial charge in [0.15, 0.2) is 0 Å². The molecule has 5 nitrogen and oxygen atoms in total. The van der Waals surface area contributed by atoms with Gasteiger partial charge in [0.25, 0.3) is 0 Å². The highest BCUT2D eigenvalue weighted by Gasteiger charge is 2.36. The Bertz CT molecular complexity index is 376. The van der Waals surface area contributed by atoms with Crippen molar-refractivity contribution in [2.24, 2.45) is 0 Å². The lowest BCUT2D eigenvalue weighted by molar-refractivity contribution is -0.343. The van der Waals surface area contributed by atoms with Crippen LogP contribution in [0.4, 0.5) is 0 Å². The van der Waals surface area contributed by atoms with E-state index in [0.29, 0.717) is 6.42 Å². The van der Waals surface area contributed by atoms with Crippen LogP contribution < -0.4 is 5.48 Å². The Morgan fingerprint density at radius 1 is 0.594 bits per heavy atom. The van der Waals surface area contributed by atoms with Gasteiger partial charge in [-0.25, -0.2) is 0 Å². The van der Waals surface area contributed by atoms with Gasteiger partial charge in [0.1, 0.15) is 0 Å². The standard InChI is InChI=1S/C27H58N2O3/c1-4-6-7-8-9-10-11-12-13-14-15-16-17-18-19-20-21-22-23-24-25-27(5-2,28-30)26(3)29(31)32/h26,28,30-32H,4-25H2,1-3H3. The molecular weight excluding hydrogens is 400 g/mol. The van der Waals surface area contributed by atoms with Gasteiger partial charge in [-0.05, 0) is 19.8 Å². The van der Waals surface area contributed by atoms with Gasteiger partial charge in [0.05, 0.1) is 11.6 Å². The molecular formula is C27H58N2O3. The van der Waals surface area contributed by atoms with Crippen LogP contribution in [0.3, 0.4) is 0 Å². The number of nitrogens with one attached hydrogen (secondary N) is 1. The van der Waals surface area contributed by atoms with Gasteiger partial charge < -0.3 is 5.21 Å². The molecule has 0 rings (SSSR count). The second-order valence-corrected chi connectivity index (χ2v) is 10.1. The summed E-state index contributed by atoms with van der Waals surface area (Å²) in [5.74, 6) is 0. The predicted molar refractivity (Wildman–Crippen MR) is 135 cm³/mol. The largest absolute Gasteiger partial charge is 0.316 e. The zero-order chi connectivity index (χ0) is 23.9. The number of rotatable bonds is 25. The van der Waals surface area contributed by atoms with Gasteiger partial charge in [-0.1, -0.05) is 147 Å². The number of hydrogen-bond acceptors (Lipinski definition) is 5. The molecule has 0 radical (unpaired) electrons. The van der Waals surface area contributed by atoms with Crippen molar-refractivity contribution in [2.75, 3.05) is 0 Å². The van der Waals surface area contributed by atoms with E-state index in [0.717, 1.165) is 19.3 Å². The first-order valence-corrected chi connectivity index (χ1v) is 14.1. The summed E-state index contributed by atoms with van der Waals surface area (Å²) < 4.78 is 0. The third kappa shape index (κ3) is 16.4. The normalized spacial score (nSPS) is 14.7. The Morgan fingerprint density at radius 3 is 1.16 bits per heavy atom. The first-order valence-electron chi connectivity index (χ1n) is 14.1. The van der Waals surface area contributed by atoms with Crippen molar-refractivity contribution < 1.29 is 15.6 Å². The van der Waals surface area contributed by atoms with Crippen molar-refractivity contribution in [1.29, 1.82) is 0 Å². The molecule has 194 valence electrons. The Labute approximate surface area is 200 Å². The van der Waals surface area contributed by atoms with Crippen LogP contribution in [0.5, 0.6) is 0 Å². The predicted octanol–water partition coefficient (Wildman–Crippen LogP) is 8.79. The summed E-state index contributed by atoms with van der Waals surface area (Å²) in [5.41, 5.74) is 1.68. The molecule has 2 atom stereocenters. The smallest absolute Gasteiger partial charge is 0.0799 e. The fourth-order valence-corrected chi connectivity index (χ4v) is 4.83. The Morgan fingerprint density at radius 2 is 0.906 bits per heavy atom. The van der Waals surface area contributed by atoms with E-state index in [2.05, 4.69) is 12.4 Å². The molecule has 0 aromatic carbocycles. The van der Waals surface area contributed by atoms with Crippen molar-refractivity contribution in [3.05, 3.63) is 0 Å². The maximum Gasteiger partial charge on any atom is 0.0799 e. The van der Waals surface area contributed by atoms with Crippen LogP contribution in [0.2, 0.25) is 0 Å². The second kappa shape index (κ2) is 22.6. The molecule has 0 aliphatic carbocycles. The topological polar surface area (TPSA) is 76.0 Å². The van der Waals surface area contributed by atoms with Crippen molar-refractivity contribution in [2.45, 2.75) is 174 Å². The average molecular weight is 459 g/mol. The van der Waals surface area contributed by atoms with Crippen LogP contribution >= 0.6 is 0 Å². The molecule has 0 saturated carbocycles. The van der Waals surface area contributed by atoms with E-state index in [-0.39, 0.29) is 5.23 Å². The molecule has 32 heavy (non-hydrogen) atoms. The lowest BCUT2D eigenvalue weighted by atomic mass is 9.84. The number of hydrogen-bond donors (Lipinski definition) is 4. The zero-order valence-electron chi connectivity index (χ0n) is 21.9. The summed E-state index contributed by atoms with van der Waals surface area (Å²) in [7, 11) is 0. The molecule has 0 amide bonds. The van der Waals surface area contributed by atoms with E-state index >= 15 is 0 Å². The molecule has 5 heteroatoms. The minimum atomic E-state index is -0.669. The third-order valence-electron chi connectivity index (χ3n) is 7.48. The Balaban J connectivity index is 3.39. The van der Waals surface area contributed by atoms with Crippen molar-refractivity contribution in [3.63, 3.8) is 0 Å². The lowest BCUT2D eigenvalue weighted by Gasteiger charge is -2.38. The van der Waals surface area contributed by atoms with E-state index in [1.807, 2.05) is 6.92 Å². The van der Waals surface area contributed by atoms with Crippen LogP contribution in [-0.4, -0.2) is 32.4 Å². The summed E-state index contributed by atoms with van der Waals surface area (Å²) >= 11 is 0. The van der Waals surface area contributed by atoms with Crippen LogP contribution in [0.25, 0.3) is 0 Å². The third-order valence-corrected chi connectivity index (χ3v) is 7.48. The number of hydroxylamine groups is 3. The molecule has 2 unspecified atom stereocenters. The van der Waals surface area contributed by atoms with Crippen LogP contribution in [0, 0.1) is 0 Å². The molecule has 0 aromatic rings. The highest BCUT2D eigenvalue weighted by atomic mass is 16.8. The SMILES string of the molecule is CCCCCCCCCCCCCCCCCCCCCCC(CC)(NO)C(C)N(O)O. The van der Waals surface area contributed by atoms with E-state index < -0.39 is 11.6 Å². The molecule has 0 fully saturated rings. The molecule has 0 bridgehead atoms. The minimum absolute atomic E-state index is 0.212. The van der Waals surface area contributed by atoms with E-state index in [9.17, 15) is 15.6 Å². The lowest BCUT2D eigenvalue weighted by Crippen LogP contribution is -2.57. The minimum Gasteiger partial charge on any atom is -0.316 e. The Hall–Kier alpha value is -0.200. The van der Waals surface area contributed by atoms with Gasteiger partial charge in [0, 0.05) is 0 Å². The Kier molecular flexibility index (Phi) is 22.4. The summed E-state index contributed by atoms with van der Waals surface area (Å²) in [6.07, 6.45) is 28.6. The van der Waals surface area contributed by atoms with Crippen molar-refractivity contribution in [1.82, 2.24) is 10.7 Å². The van der Waals surface area contributed by atoms with Gasteiger partial charge in [-0.3, -0.25) is 10.4 Å².